The smallest absolute Gasteiger partial charge is 0.270 e. The van der Waals surface area contributed by atoms with Gasteiger partial charge in [0.25, 0.3) is 5.91 Å². The van der Waals surface area contributed by atoms with E-state index in [9.17, 15) is 9.59 Å². The Labute approximate surface area is 101 Å². The molecule has 0 aliphatic carbocycles. The van der Waals surface area contributed by atoms with Crippen LogP contribution < -0.4 is 5.43 Å². The third kappa shape index (κ3) is 2.48. The molecular weight excluding hydrogens is 218 g/mol. The fraction of sp³-hybridized carbons (Fsp3) is 0.750. The highest BCUT2D eigenvalue weighted by atomic mass is 16.2. The lowest BCUT2D eigenvalue weighted by molar-refractivity contribution is -0.128. The maximum absolute atomic E-state index is 12.3. The van der Waals surface area contributed by atoms with Crippen LogP contribution in [-0.2, 0) is 9.59 Å². The molecule has 0 bridgehead atoms. The summed E-state index contributed by atoms with van der Waals surface area (Å²) in [4.78, 5) is 25.1. The van der Waals surface area contributed by atoms with Crippen molar-refractivity contribution in [3.63, 3.8) is 0 Å². The van der Waals surface area contributed by atoms with E-state index in [2.05, 4.69) is 24.4 Å². The first-order chi connectivity index (χ1) is 8.09. The summed E-state index contributed by atoms with van der Waals surface area (Å²) >= 11 is 0. The monoisotopic (exact) mass is 237 g/mol. The van der Waals surface area contributed by atoms with Gasteiger partial charge in [-0.25, -0.2) is 5.43 Å². The van der Waals surface area contributed by atoms with E-state index in [1.165, 1.54) is 6.42 Å². The van der Waals surface area contributed by atoms with Gasteiger partial charge in [-0.2, -0.15) is 5.10 Å². The van der Waals surface area contributed by atoms with Crippen molar-refractivity contribution in [1.29, 1.82) is 0 Å². The number of piperidine rings is 1. The SMILES string of the molecule is CC1CCCN(C(=O)C2=NNC(=O)CC2)C1C. The fourth-order valence-corrected chi connectivity index (χ4v) is 2.42. The van der Waals surface area contributed by atoms with Gasteiger partial charge in [-0.15, -0.1) is 0 Å². The van der Waals surface area contributed by atoms with E-state index in [0.717, 1.165) is 13.0 Å². The summed E-state index contributed by atoms with van der Waals surface area (Å²) in [7, 11) is 0. The lowest BCUT2D eigenvalue weighted by Crippen LogP contribution is -2.49. The van der Waals surface area contributed by atoms with Crippen LogP contribution in [0.25, 0.3) is 0 Å². The van der Waals surface area contributed by atoms with E-state index < -0.39 is 0 Å². The molecule has 5 nitrogen and oxygen atoms in total. The van der Waals surface area contributed by atoms with Crippen LogP contribution in [0, 0.1) is 5.92 Å². The molecule has 1 N–H and O–H groups in total. The van der Waals surface area contributed by atoms with Gasteiger partial charge in [0.05, 0.1) is 0 Å². The van der Waals surface area contributed by atoms with E-state index in [1.54, 1.807) is 0 Å². The van der Waals surface area contributed by atoms with Gasteiger partial charge in [0.2, 0.25) is 5.91 Å². The zero-order valence-electron chi connectivity index (χ0n) is 10.4. The van der Waals surface area contributed by atoms with Gasteiger partial charge in [-0.1, -0.05) is 6.92 Å². The van der Waals surface area contributed by atoms with Crippen LogP contribution in [0.3, 0.4) is 0 Å². The first-order valence-electron chi connectivity index (χ1n) is 6.26. The Morgan fingerprint density at radius 1 is 1.41 bits per heavy atom. The lowest BCUT2D eigenvalue weighted by atomic mass is 9.91. The van der Waals surface area contributed by atoms with Gasteiger partial charge < -0.3 is 4.90 Å². The van der Waals surface area contributed by atoms with Crippen LogP contribution in [0.5, 0.6) is 0 Å². The predicted molar refractivity (Wildman–Crippen MR) is 64.4 cm³/mol. The molecule has 0 saturated carbocycles. The number of nitrogens with zero attached hydrogens (tertiary/aromatic N) is 2. The van der Waals surface area contributed by atoms with Crippen LogP contribution in [0.2, 0.25) is 0 Å². The molecule has 2 heterocycles. The Kier molecular flexibility index (Phi) is 3.45. The number of rotatable bonds is 1. The van der Waals surface area contributed by atoms with Gasteiger partial charge in [-0.05, 0) is 25.7 Å². The van der Waals surface area contributed by atoms with E-state index in [-0.39, 0.29) is 17.9 Å². The molecule has 0 aromatic carbocycles. The number of hydrazone groups is 1. The number of hydrogen-bond donors (Lipinski definition) is 1. The van der Waals surface area contributed by atoms with Gasteiger partial charge in [-0.3, -0.25) is 9.59 Å². The van der Waals surface area contributed by atoms with Crippen LogP contribution >= 0.6 is 0 Å². The second-order valence-corrected chi connectivity index (χ2v) is 4.95. The lowest BCUT2D eigenvalue weighted by Gasteiger charge is -2.38. The molecule has 94 valence electrons. The van der Waals surface area contributed by atoms with Gasteiger partial charge in [0, 0.05) is 25.4 Å². The third-order valence-corrected chi connectivity index (χ3v) is 3.79. The molecule has 1 saturated heterocycles. The van der Waals surface area contributed by atoms with Crippen molar-refractivity contribution in [3.8, 4) is 0 Å². The Hall–Kier alpha value is -1.39. The number of nitrogens with one attached hydrogen (secondary N) is 1. The minimum absolute atomic E-state index is 0.0101. The predicted octanol–water partition coefficient (Wildman–Crippen LogP) is 0.899. The number of hydrogen-bond acceptors (Lipinski definition) is 3. The van der Waals surface area contributed by atoms with Crippen LogP contribution in [-0.4, -0.2) is 35.0 Å². The topological polar surface area (TPSA) is 61.8 Å². The van der Waals surface area contributed by atoms with Gasteiger partial charge >= 0.3 is 0 Å². The number of carbonyl (C=O) groups is 2. The van der Waals surface area contributed by atoms with Crippen molar-refractivity contribution >= 4 is 17.5 Å². The molecule has 2 amide bonds. The Balaban J connectivity index is 2.06. The number of amides is 2. The molecule has 2 unspecified atom stereocenters. The Morgan fingerprint density at radius 3 is 2.82 bits per heavy atom. The third-order valence-electron chi connectivity index (χ3n) is 3.79. The molecule has 2 atom stereocenters. The van der Waals surface area contributed by atoms with Gasteiger partial charge in [0.15, 0.2) is 0 Å². The normalized spacial score (nSPS) is 29.6. The summed E-state index contributed by atoms with van der Waals surface area (Å²) in [6.45, 7) is 5.07. The average molecular weight is 237 g/mol. The molecule has 0 aromatic rings. The first kappa shape index (κ1) is 12.1. The van der Waals surface area contributed by atoms with Crippen molar-refractivity contribution in [2.24, 2.45) is 11.0 Å². The first-order valence-corrected chi connectivity index (χ1v) is 6.26. The molecule has 0 aromatic heterocycles. The van der Waals surface area contributed by atoms with Crippen molar-refractivity contribution < 1.29 is 9.59 Å². The van der Waals surface area contributed by atoms with Crippen molar-refractivity contribution in [3.05, 3.63) is 0 Å². The largest absolute Gasteiger partial charge is 0.335 e. The van der Waals surface area contributed by atoms with E-state index in [4.69, 9.17) is 0 Å². The molecule has 2 rings (SSSR count). The Bertz CT molecular complexity index is 365. The number of likely N-dealkylation sites (tertiary alicyclic amines) is 1. The maximum atomic E-state index is 12.3. The van der Waals surface area contributed by atoms with E-state index >= 15 is 0 Å². The summed E-state index contributed by atoms with van der Waals surface area (Å²) in [5.74, 6) is 0.414. The molecule has 17 heavy (non-hydrogen) atoms. The maximum Gasteiger partial charge on any atom is 0.270 e. The summed E-state index contributed by atoms with van der Waals surface area (Å²) < 4.78 is 0. The van der Waals surface area contributed by atoms with Gasteiger partial charge in [0.1, 0.15) is 5.71 Å². The van der Waals surface area contributed by atoms with Crippen molar-refractivity contribution in [2.45, 2.75) is 45.6 Å². The zero-order chi connectivity index (χ0) is 12.4. The van der Waals surface area contributed by atoms with E-state index in [1.807, 2.05) is 4.90 Å². The van der Waals surface area contributed by atoms with Crippen molar-refractivity contribution in [1.82, 2.24) is 10.3 Å². The Morgan fingerprint density at radius 2 is 2.18 bits per heavy atom. The highest BCUT2D eigenvalue weighted by Crippen LogP contribution is 2.23. The summed E-state index contributed by atoms with van der Waals surface area (Å²) in [6, 6.07) is 0.261. The quantitative estimate of drug-likeness (QED) is 0.736. The molecule has 5 heteroatoms. The summed E-state index contributed by atoms with van der Waals surface area (Å²) in [5.41, 5.74) is 2.87. The van der Waals surface area contributed by atoms with Crippen LogP contribution in [0.15, 0.2) is 5.10 Å². The highest BCUT2D eigenvalue weighted by Gasteiger charge is 2.31. The number of carbonyl (C=O) groups excluding carboxylic acids is 2. The van der Waals surface area contributed by atoms with Crippen molar-refractivity contribution in [2.75, 3.05) is 6.54 Å². The second-order valence-electron chi connectivity index (χ2n) is 4.95. The second kappa shape index (κ2) is 4.85. The molecule has 1 fully saturated rings. The highest BCUT2D eigenvalue weighted by molar-refractivity contribution is 6.39. The fourth-order valence-electron chi connectivity index (χ4n) is 2.42. The standard InChI is InChI=1S/C12H19N3O2/c1-8-4-3-7-15(9(8)2)12(17)10-5-6-11(16)14-13-10/h8-9H,3-7H2,1-2H3,(H,14,16). The molecule has 0 spiro atoms. The molecular formula is C12H19N3O2. The van der Waals surface area contributed by atoms with Crippen LogP contribution in [0.1, 0.15) is 39.5 Å². The summed E-state index contributed by atoms with van der Waals surface area (Å²) in [6.07, 6.45) is 3.05. The molecule has 2 aliphatic heterocycles. The average Bonchev–Trinajstić information content (AvgIpc) is 2.33. The summed E-state index contributed by atoms with van der Waals surface area (Å²) in [5, 5.41) is 3.87. The van der Waals surface area contributed by atoms with Crippen LogP contribution in [0.4, 0.5) is 0 Å². The molecule has 0 radical (unpaired) electrons. The van der Waals surface area contributed by atoms with E-state index in [0.29, 0.717) is 24.5 Å². The molecule has 2 aliphatic rings. The minimum atomic E-state index is -0.110. The zero-order valence-corrected chi connectivity index (χ0v) is 10.4. The minimum Gasteiger partial charge on any atom is -0.335 e.